The third-order valence-electron chi connectivity index (χ3n) is 14.8. The maximum Gasteiger partial charge on any atom is 0.306 e. The van der Waals surface area contributed by atoms with Crippen molar-refractivity contribution in [2.45, 2.75) is 307 Å². The topological polar surface area (TPSA) is 175 Å². The van der Waals surface area contributed by atoms with Gasteiger partial charge in [0.1, 0.15) is 24.4 Å². The molecule has 0 radical (unpaired) electrons. The monoisotopic (exact) mass is 1130 g/mol. The Hall–Kier alpha value is -3.68. The van der Waals surface area contributed by atoms with Gasteiger partial charge in [-0.15, -0.1) is 0 Å². The number of hydrogen-bond donors (Lipinski definition) is 6. The largest absolute Gasteiger partial charge is 0.454 e. The van der Waals surface area contributed by atoms with Crippen molar-refractivity contribution in [1.82, 2.24) is 5.32 Å². The van der Waals surface area contributed by atoms with Crippen molar-refractivity contribution >= 4 is 11.9 Å². The summed E-state index contributed by atoms with van der Waals surface area (Å²) in [5.74, 6) is -1.24. The minimum absolute atomic E-state index is 0.0671. The molecule has 1 saturated heterocycles. The fraction of sp³-hybridized carbons (Fsp3) is 0.714. The van der Waals surface area contributed by atoms with E-state index in [1.165, 1.54) is 141 Å². The number of allylic oxidation sites excluding steroid dienone is 17. The first-order chi connectivity index (χ1) is 39.7. The van der Waals surface area contributed by atoms with Crippen molar-refractivity contribution in [2.24, 2.45) is 0 Å². The van der Waals surface area contributed by atoms with Gasteiger partial charge in [-0.3, -0.25) is 9.59 Å². The summed E-state index contributed by atoms with van der Waals surface area (Å²) in [5, 5.41) is 57.1. The molecule has 1 amide bonds. The summed E-state index contributed by atoms with van der Waals surface area (Å²) in [6.45, 7) is 5.60. The van der Waals surface area contributed by atoms with Gasteiger partial charge in [0.25, 0.3) is 0 Å². The van der Waals surface area contributed by atoms with E-state index in [-0.39, 0.29) is 19.4 Å². The first kappa shape index (κ1) is 75.3. The van der Waals surface area contributed by atoms with Gasteiger partial charge in [-0.1, -0.05) is 284 Å². The SMILES string of the molecule is CC\C=C/C=C/C=C/C=C\C=C\C=C\CCCCCC(=O)OC1C(OCC(NC(=O)C(O)CCCCCCCCCCCCCC/C=C\C/C=C\CCCCC)C(O)/C=C/CCCCCCCCCCCCC)OC(CO)C(O)C1O. The molecule has 0 aromatic heterocycles. The fourth-order valence-electron chi connectivity index (χ4n) is 9.65. The van der Waals surface area contributed by atoms with Crippen LogP contribution in [0.2, 0.25) is 0 Å². The average molecular weight is 1130 g/mol. The molecule has 0 aromatic rings. The summed E-state index contributed by atoms with van der Waals surface area (Å²) >= 11 is 0. The number of nitrogens with one attached hydrogen (secondary N) is 1. The lowest BCUT2D eigenvalue weighted by molar-refractivity contribution is -0.305. The Morgan fingerprint density at radius 3 is 1.46 bits per heavy atom. The van der Waals surface area contributed by atoms with Crippen LogP contribution in [0.1, 0.15) is 258 Å². The standard InChI is InChI=1S/C70H119NO10/c1-4-7-10-13-16-19-22-25-27-29-30-31-32-33-35-36-39-42-45-48-51-54-57-63(74)69(78)71-61(62(73)56-53-50-47-44-41-38-24-21-18-15-12-9-6-3)60-79-70-68(67(77)66(76)64(59-72)80-70)81-65(75)58-55-52-49-46-43-40-37-34-28-26-23-20-17-14-11-8-5-2/h8,11,14,16-17,19-20,23,25-28,34,37,40,43,53,56,61-64,66-68,70,72-74,76-77H,4-7,9-10,12-13,15,18,21-22,24,29-33,35-36,38-39,41-42,44-52,54-55,57-60H2,1-3H3,(H,71,78)/b11-8-,17-14+,19-16-,23-20+,27-25-,28-26-,37-34+,43-40+,56-53+. The number of ether oxygens (including phenoxy) is 3. The van der Waals surface area contributed by atoms with Crippen LogP contribution < -0.4 is 5.32 Å². The molecule has 0 bridgehead atoms. The zero-order valence-electron chi connectivity index (χ0n) is 51.4. The molecule has 464 valence electrons. The van der Waals surface area contributed by atoms with Crippen LogP contribution in [0.3, 0.4) is 0 Å². The van der Waals surface area contributed by atoms with Gasteiger partial charge in [-0.25, -0.2) is 0 Å². The van der Waals surface area contributed by atoms with Gasteiger partial charge in [0, 0.05) is 6.42 Å². The maximum absolute atomic E-state index is 13.5. The minimum atomic E-state index is -1.64. The molecule has 1 aliphatic rings. The van der Waals surface area contributed by atoms with Gasteiger partial charge in [-0.2, -0.15) is 0 Å². The van der Waals surface area contributed by atoms with Crippen molar-refractivity contribution in [3.8, 4) is 0 Å². The highest BCUT2D eigenvalue weighted by molar-refractivity contribution is 5.80. The first-order valence-corrected chi connectivity index (χ1v) is 32.7. The molecule has 1 fully saturated rings. The predicted octanol–water partition coefficient (Wildman–Crippen LogP) is 16.1. The lowest BCUT2D eigenvalue weighted by atomic mass is 9.99. The second-order valence-electron chi connectivity index (χ2n) is 22.3. The Bertz CT molecular complexity index is 1730. The van der Waals surface area contributed by atoms with Crippen molar-refractivity contribution in [1.29, 1.82) is 0 Å². The second-order valence-corrected chi connectivity index (χ2v) is 22.3. The molecule has 11 nitrogen and oxygen atoms in total. The van der Waals surface area contributed by atoms with Crippen LogP contribution in [0, 0.1) is 0 Å². The van der Waals surface area contributed by atoms with E-state index in [9.17, 15) is 35.1 Å². The lowest BCUT2D eigenvalue weighted by Crippen LogP contribution is -2.61. The van der Waals surface area contributed by atoms with Gasteiger partial charge in [0.2, 0.25) is 5.91 Å². The summed E-state index contributed by atoms with van der Waals surface area (Å²) in [6.07, 6.45) is 66.9. The van der Waals surface area contributed by atoms with E-state index in [0.29, 0.717) is 12.8 Å². The second kappa shape index (κ2) is 56.8. The van der Waals surface area contributed by atoms with E-state index in [2.05, 4.69) is 62.5 Å². The number of amides is 1. The molecule has 8 unspecified atom stereocenters. The summed E-state index contributed by atoms with van der Waals surface area (Å²) in [6, 6.07) is -1.04. The number of esters is 1. The molecule has 1 aliphatic heterocycles. The number of aliphatic hydroxyl groups excluding tert-OH is 5. The average Bonchev–Trinajstić information content (AvgIpc) is 3.46. The molecule has 11 heteroatoms. The summed E-state index contributed by atoms with van der Waals surface area (Å²) < 4.78 is 17.6. The number of carbonyl (C=O) groups is 2. The molecular formula is C70H119NO10. The van der Waals surface area contributed by atoms with E-state index in [4.69, 9.17) is 14.2 Å². The first-order valence-electron chi connectivity index (χ1n) is 32.7. The number of carbonyl (C=O) groups excluding carboxylic acids is 2. The Morgan fingerprint density at radius 1 is 0.506 bits per heavy atom. The zero-order valence-corrected chi connectivity index (χ0v) is 51.4. The highest BCUT2D eigenvalue weighted by Gasteiger charge is 2.47. The van der Waals surface area contributed by atoms with E-state index in [0.717, 1.165) is 70.6 Å². The Morgan fingerprint density at radius 2 is 0.938 bits per heavy atom. The van der Waals surface area contributed by atoms with E-state index in [1.54, 1.807) is 6.08 Å². The van der Waals surface area contributed by atoms with Crippen LogP contribution in [0.15, 0.2) is 109 Å². The molecule has 6 N–H and O–H groups in total. The summed E-state index contributed by atoms with van der Waals surface area (Å²) in [4.78, 5) is 26.6. The van der Waals surface area contributed by atoms with Gasteiger partial charge >= 0.3 is 5.97 Å². The molecule has 0 aliphatic carbocycles. The smallest absolute Gasteiger partial charge is 0.306 e. The van der Waals surface area contributed by atoms with Crippen molar-refractivity contribution < 1.29 is 49.3 Å². The van der Waals surface area contributed by atoms with Gasteiger partial charge in [0.15, 0.2) is 12.4 Å². The third-order valence-corrected chi connectivity index (χ3v) is 14.8. The molecule has 1 rings (SSSR count). The summed E-state index contributed by atoms with van der Waals surface area (Å²) in [7, 11) is 0. The van der Waals surface area contributed by atoms with Crippen LogP contribution in [-0.4, -0.2) is 99.6 Å². The van der Waals surface area contributed by atoms with Crippen LogP contribution in [0.5, 0.6) is 0 Å². The molecule has 81 heavy (non-hydrogen) atoms. The zero-order chi connectivity index (χ0) is 58.9. The third kappa shape index (κ3) is 44.5. The normalized spacial score (nSPS) is 19.4. The van der Waals surface area contributed by atoms with E-state index in [1.807, 2.05) is 66.8 Å². The van der Waals surface area contributed by atoms with Gasteiger partial charge < -0.3 is 45.1 Å². The molecule has 0 saturated carbocycles. The molecule has 0 aromatic carbocycles. The maximum atomic E-state index is 13.5. The van der Waals surface area contributed by atoms with Crippen molar-refractivity contribution in [3.05, 3.63) is 109 Å². The molecular weight excluding hydrogens is 1010 g/mol. The highest BCUT2D eigenvalue weighted by atomic mass is 16.7. The van der Waals surface area contributed by atoms with E-state index < -0.39 is 67.4 Å². The molecule has 0 spiro atoms. The molecule has 8 atom stereocenters. The summed E-state index contributed by atoms with van der Waals surface area (Å²) in [5.41, 5.74) is 0. The number of hydrogen-bond acceptors (Lipinski definition) is 10. The van der Waals surface area contributed by atoms with E-state index >= 15 is 0 Å². The number of aliphatic hydroxyl groups is 5. The Balaban J connectivity index is 2.68. The Labute approximate surface area is 494 Å². The van der Waals surface area contributed by atoms with Crippen LogP contribution in [0.4, 0.5) is 0 Å². The van der Waals surface area contributed by atoms with Crippen molar-refractivity contribution in [3.63, 3.8) is 0 Å². The quantitative estimate of drug-likeness (QED) is 0.0149. The minimum Gasteiger partial charge on any atom is -0.454 e. The number of unbranched alkanes of at least 4 members (excludes halogenated alkanes) is 29. The highest BCUT2D eigenvalue weighted by Crippen LogP contribution is 2.26. The fourth-order valence-corrected chi connectivity index (χ4v) is 9.65. The van der Waals surface area contributed by atoms with Crippen LogP contribution in [-0.2, 0) is 23.8 Å². The number of rotatable bonds is 54. The lowest BCUT2D eigenvalue weighted by Gasteiger charge is -2.41. The van der Waals surface area contributed by atoms with Gasteiger partial charge in [0.05, 0.1) is 25.4 Å². The van der Waals surface area contributed by atoms with Crippen molar-refractivity contribution in [2.75, 3.05) is 13.2 Å². The Kier molecular flexibility index (Phi) is 52.8. The van der Waals surface area contributed by atoms with Crippen LogP contribution >= 0.6 is 0 Å². The predicted molar refractivity (Wildman–Crippen MR) is 338 cm³/mol. The van der Waals surface area contributed by atoms with Gasteiger partial charge in [-0.05, 0) is 77.0 Å². The molecule has 1 heterocycles. The van der Waals surface area contributed by atoms with Crippen LogP contribution in [0.25, 0.3) is 0 Å².